The van der Waals surface area contributed by atoms with Gasteiger partial charge in [0.05, 0.1) is 0 Å². The Morgan fingerprint density at radius 3 is 2.48 bits per heavy atom. The van der Waals surface area contributed by atoms with E-state index in [0.29, 0.717) is 23.8 Å². The van der Waals surface area contributed by atoms with E-state index in [4.69, 9.17) is 5.73 Å². The van der Waals surface area contributed by atoms with Gasteiger partial charge in [-0.1, -0.05) is 39.5 Å². The van der Waals surface area contributed by atoms with Crippen LogP contribution in [0, 0.1) is 17.8 Å². The van der Waals surface area contributed by atoms with Gasteiger partial charge >= 0.3 is 0 Å². The zero-order valence-corrected chi connectivity index (χ0v) is 14.0. The third kappa shape index (κ3) is 4.45. The number of carbonyl (C=O) groups excluding carboxylic acids is 1. The normalized spacial score (nSPS) is 34.0. The van der Waals surface area contributed by atoms with E-state index in [1.807, 2.05) is 0 Å². The number of unbranched alkanes of at least 4 members (excludes halogenated alkanes) is 1. The van der Waals surface area contributed by atoms with Crippen LogP contribution in [0.1, 0.15) is 71.6 Å². The number of nitrogens with two attached hydrogens (primary N) is 1. The van der Waals surface area contributed by atoms with Crippen molar-refractivity contribution in [2.45, 2.75) is 77.7 Å². The number of amides is 1. The van der Waals surface area contributed by atoms with Crippen molar-refractivity contribution >= 4 is 5.91 Å². The number of piperidine rings is 1. The molecule has 1 saturated carbocycles. The van der Waals surface area contributed by atoms with Crippen LogP contribution in [-0.4, -0.2) is 29.9 Å². The SMILES string of the molecule is CCCCC1CCC(C(=O)N2CCC(N)C(CC)C2)CC1. The van der Waals surface area contributed by atoms with Crippen molar-refractivity contribution in [3.05, 3.63) is 0 Å². The first-order chi connectivity index (χ1) is 10.2. The lowest BCUT2D eigenvalue weighted by atomic mass is 9.79. The highest BCUT2D eigenvalue weighted by atomic mass is 16.2. The molecule has 0 aromatic heterocycles. The highest BCUT2D eigenvalue weighted by Gasteiger charge is 2.33. The summed E-state index contributed by atoms with van der Waals surface area (Å²) in [6.45, 7) is 6.23. The molecular weight excluding hydrogens is 260 g/mol. The summed E-state index contributed by atoms with van der Waals surface area (Å²) in [5.41, 5.74) is 6.16. The quantitative estimate of drug-likeness (QED) is 0.842. The molecule has 2 unspecified atom stereocenters. The van der Waals surface area contributed by atoms with E-state index in [-0.39, 0.29) is 0 Å². The fourth-order valence-corrected chi connectivity index (χ4v) is 4.13. The molecule has 3 heteroatoms. The molecule has 1 aliphatic carbocycles. The first-order valence-corrected chi connectivity index (χ1v) is 9.20. The summed E-state index contributed by atoms with van der Waals surface area (Å²) in [7, 11) is 0. The predicted molar refractivity (Wildman–Crippen MR) is 87.9 cm³/mol. The Labute approximate surface area is 130 Å². The first kappa shape index (κ1) is 16.8. The Balaban J connectivity index is 1.79. The van der Waals surface area contributed by atoms with Crippen LogP contribution in [0.25, 0.3) is 0 Å². The minimum atomic E-state index is 0.295. The molecule has 2 fully saturated rings. The zero-order valence-electron chi connectivity index (χ0n) is 14.0. The lowest BCUT2D eigenvalue weighted by Gasteiger charge is -2.39. The molecule has 0 radical (unpaired) electrons. The number of hydrogen-bond donors (Lipinski definition) is 1. The van der Waals surface area contributed by atoms with Crippen LogP contribution in [0.2, 0.25) is 0 Å². The van der Waals surface area contributed by atoms with E-state index in [2.05, 4.69) is 18.7 Å². The third-order valence-corrected chi connectivity index (χ3v) is 5.79. The first-order valence-electron chi connectivity index (χ1n) is 9.20. The van der Waals surface area contributed by atoms with Crippen LogP contribution in [0.3, 0.4) is 0 Å². The fraction of sp³-hybridized carbons (Fsp3) is 0.944. The van der Waals surface area contributed by atoms with Crippen molar-refractivity contribution in [3.63, 3.8) is 0 Å². The Hall–Kier alpha value is -0.570. The van der Waals surface area contributed by atoms with Crippen LogP contribution < -0.4 is 5.73 Å². The zero-order chi connectivity index (χ0) is 15.2. The largest absolute Gasteiger partial charge is 0.342 e. The second-order valence-corrected chi connectivity index (χ2v) is 7.26. The molecule has 122 valence electrons. The maximum absolute atomic E-state index is 12.7. The molecule has 2 aliphatic rings. The third-order valence-electron chi connectivity index (χ3n) is 5.79. The summed E-state index contributed by atoms with van der Waals surface area (Å²) in [5, 5.41) is 0. The van der Waals surface area contributed by atoms with Crippen molar-refractivity contribution in [1.29, 1.82) is 0 Å². The van der Waals surface area contributed by atoms with E-state index in [0.717, 1.165) is 44.7 Å². The smallest absolute Gasteiger partial charge is 0.225 e. The highest BCUT2D eigenvalue weighted by Crippen LogP contribution is 2.33. The molecule has 0 aromatic carbocycles. The molecular formula is C18H34N2O. The fourth-order valence-electron chi connectivity index (χ4n) is 4.13. The van der Waals surface area contributed by atoms with Crippen molar-refractivity contribution in [1.82, 2.24) is 4.90 Å². The van der Waals surface area contributed by atoms with Gasteiger partial charge in [-0.15, -0.1) is 0 Å². The van der Waals surface area contributed by atoms with Gasteiger partial charge in [-0.25, -0.2) is 0 Å². The van der Waals surface area contributed by atoms with Crippen molar-refractivity contribution in [2.24, 2.45) is 23.5 Å². The predicted octanol–water partition coefficient (Wildman–Crippen LogP) is 3.57. The number of likely N-dealkylation sites (tertiary alicyclic amines) is 1. The monoisotopic (exact) mass is 294 g/mol. The van der Waals surface area contributed by atoms with E-state index in [9.17, 15) is 4.79 Å². The molecule has 1 amide bonds. The highest BCUT2D eigenvalue weighted by molar-refractivity contribution is 5.79. The topological polar surface area (TPSA) is 46.3 Å². The average molecular weight is 294 g/mol. The van der Waals surface area contributed by atoms with Gasteiger partial charge in [0, 0.05) is 25.0 Å². The van der Waals surface area contributed by atoms with Crippen molar-refractivity contribution in [2.75, 3.05) is 13.1 Å². The van der Waals surface area contributed by atoms with Gasteiger partial charge in [0.2, 0.25) is 5.91 Å². The Bertz CT molecular complexity index is 323. The molecule has 0 bridgehead atoms. The Morgan fingerprint density at radius 1 is 1.14 bits per heavy atom. The molecule has 1 aliphatic heterocycles. The number of hydrogen-bond acceptors (Lipinski definition) is 2. The summed E-state index contributed by atoms with van der Waals surface area (Å²) < 4.78 is 0. The lowest BCUT2D eigenvalue weighted by molar-refractivity contribution is -0.139. The molecule has 2 atom stereocenters. The number of rotatable bonds is 5. The van der Waals surface area contributed by atoms with Gasteiger partial charge in [-0.05, 0) is 43.9 Å². The van der Waals surface area contributed by atoms with Crippen molar-refractivity contribution < 1.29 is 4.79 Å². The molecule has 1 heterocycles. The van der Waals surface area contributed by atoms with Crippen LogP contribution in [0.5, 0.6) is 0 Å². The molecule has 2 N–H and O–H groups in total. The van der Waals surface area contributed by atoms with Gasteiger partial charge in [0.15, 0.2) is 0 Å². The second-order valence-electron chi connectivity index (χ2n) is 7.26. The lowest BCUT2D eigenvalue weighted by Crippen LogP contribution is -2.50. The summed E-state index contributed by atoms with van der Waals surface area (Å²) in [5.74, 6) is 2.11. The van der Waals surface area contributed by atoms with Gasteiger partial charge in [-0.2, -0.15) is 0 Å². The second kappa shape index (κ2) is 8.17. The summed E-state index contributed by atoms with van der Waals surface area (Å²) in [4.78, 5) is 14.8. The van der Waals surface area contributed by atoms with E-state index < -0.39 is 0 Å². The Morgan fingerprint density at radius 2 is 1.86 bits per heavy atom. The van der Waals surface area contributed by atoms with E-state index in [1.165, 1.54) is 32.1 Å². The minimum Gasteiger partial charge on any atom is -0.342 e. The standard InChI is InChI=1S/C18H34N2O/c1-3-5-6-14-7-9-16(10-8-14)18(21)20-12-11-17(19)15(4-2)13-20/h14-17H,3-13,19H2,1-2H3. The van der Waals surface area contributed by atoms with Crippen LogP contribution in [-0.2, 0) is 4.79 Å². The van der Waals surface area contributed by atoms with Gasteiger partial charge in [0.25, 0.3) is 0 Å². The average Bonchev–Trinajstić information content (AvgIpc) is 2.53. The molecule has 0 spiro atoms. The minimum absolute atomic E-state index is 0.295. The molecule has 3 nitrogen and oxygen atoms in total. The van der Waals surface area contributed by atoms with Gasteiger partial charge in [-0.3, -0.25) is 4.79 Å². The van der Waals surface area contributed by atoms with Gasteiger partial charge < -0.3 is 10.6 Å². The molecule has 1 saturated heterocycles. The van der Waals surface area contributed by atoms with Crippen LogP contribution in [0.4, 0.5) is 0 Å². The maximum Gasteiger partial charge on any atom is 0.225 e. The van der Waals surface area contributed by atoms with Crippen LogP contribution >= 0.6 is 0 Å². The summed E-state index contributed by atoms with van der Waals surface area (Å²) in [6.07, 6.45) is 10.9. The molecule has 2 rings (SSSR count). The summed E-state index contributed by atoms with van der Waals surface area (Å²) in [6, 6.07) is 0.295. The Kier molecular flexibility index (Phi) is 6.53. The number of carbonyl (C=O) groups is 1. The molecule has 0 aromatic rings. The summed E-state index contributed by atoms with van der Waals surface area (Å²) >= 11 is 0. The van der Waals surface area contributed by atoms with Gasteiger partial charge in [0.1, 0.15) is 0 Å². The van der Waals surface area contributed by atoms with Crippen molar-refractivity contribution in [3.8, 4) is 0 Å². The van der Waals surface area contributed by atoms with E-state index in [1.54, 1.807) is 0 Å². The molecule has 21 heavy (non-hydrogen) atoms. The maximum atomic E-state index is 12.7. The van der Waals surface area contributed by atoms with Crippen LogP contribution in [0.15, 0.2) is 0 Å². The van der Waals surface area contributed by atoms with E-state index >= 15 is 0 Å². The number of nitrogens with zero attached hydrogens (tertiary/aromatic N) is 1.